The van der Waals surface area contributed by atoms with Gasteiger partial charge in [-0.15, -0.1) is 0 Å². The molecule has 0 aromatic carbocycles. The Morgan fingerprint density at radius 3 is 2.67 bits per heavy atom. The van der Waals surface area contributed by atoms with Crippen LogP contribution in [-0.4, -0.2) is 16.0 Å². The van der Waals surface area contributed by atoms with Crippen LogP contribution < -0.4 is 5.32 Å². The van der Waals surface area contributed by atoms with Crippen LogP contribution >= 0.6 is 0 Å². The normalized spacial score (nSPS) is 13.1. The van der Waals surface area contributed by atoms with Gasteiger partial charge in [-0.3, -0.25) is 0 Å². The Morgan fingerprint density at radius 2 is 2.07 bits per heavy atom. The van der Waals surface area contributed by atoms with Crippen LogP contribution in [-0.2, 0) is 6.54 Å². The van der Waals surface area contributed by atoms with Gasteiger partial charge in [0, 0.05) is 18.8 Å². The zero-order valence-corrected chi connectivity index (χ0v) is 9.90. The van der Waals surface area contributed by atoms with E-state index in [1.807, 2.05) is 6.07 Å². The molecule has 0 fully saturated rings. The van der Waals surface area contributed by atoms with E-state index >= 15 is 0 Å². The van der Waals surface area contributed by atoms with Crippen LogP contribution in [0.1, 0.15) is 39.3 Å². The van der Waals surface area contributed by atoms with Crippen LogP contribution in [0.15, 0.2) is 18.6 Å². The van der Waals surface area contributed by atoms with Gasteiger partial charge in [0.05, 0.1) is 5.69 Å². The Kier molecular flexibility index (Phi) is 5.26. The van der Waals surface area contributed by atoms with Crippen molar-refractivity contribution in [1.29, 1.82) is 0 Å². The first-order valence-corrected chi connectivity index (χ1v) is 5.66. The molecule has 1 aromatic heterocycles. The maximum absolute atomic E-state index is 4.17. The van der Waals surface area contributed by atoms with Crippen molar-refractivity contribution in [3.05, 3.63) is 24.3 Å². The Bertz CT molecular complexity index is 259. The van der Waals surface area contributed by atoms with Crippen molar-refractivity contribution in [3.8, 4) is 0 Å². The second-order valence-corrected chi connectivity index (χ2v) is 4.45. The lowest BCUT2D eigenvalue weighted by Gasteiger charge is -2.14. The van der Waals surface area contributed by atoms with Gasteiger partial charge in [0.2, 0.25) is 0 Å². The summed E-state index contributed by atoms with van der Waals surface area (Å²) >= 11 is 0. The highest BCUT2D eigenvalue weighted by atomic mass is 14.9. The largest absolute Gasteiger partial charge is 0.309 e. The van der Waals surface area contributed by atoms with Crippen LogP contribution in [0.3, 0.4) is 0 Å². The van der Waals surface area contributed by atoms with Crippen LogP contribution in [0.25, 0.3) is 0 Å². The summed E-state index contributed by atoms with van der Waals surface area (Å²) in [6, 6.07) is 2.50. The van der Waals surface area contributed by atoms with Crippen molar-refractivity contribution in [1.82, 2.24) is 15.3 Å². The van der Waals surface area contributed by atoms with Gasteiger partial charge in [-0.1, -0.05) is 13.8 Å². The lowest BCUT2D eigenvalue weighted by molar-refractivity contribution is 0.448. The van der Waals surface area contributed by atoms with Crippen molar-refractivity contribution in [2.24, 2.45) is 5.92 Å². The average molecular weight is 207 g/mol. The fourth-order valence-electron chi connectivity index (χ4n) is 1.39. The number of rotatable bonds is 6. The van der Waals surface area contributed by atoms with Crippen molar-refractivity contribution < 1.29 is 0 Å². The fraction of sp³-hybridized carbons (Fsp3) is 0.667. The van der Waals surface area contributed by atoms with E-state index in [2.05, 4.69) is 36.1 Å². The van der Waals surface area contributed by atoms with Gasteiger partial charge in [-0.25, -0.2) is 9.97 Å². The molecule has 1 heterocycles. The van der Waals surface area contributed by atoms with Gasteiger partial charge in [0.15, 0.2) is 0 Å². The van der Waals surface area contributed by atoms with Crippen LogP contribution in [0.5, 0.6) is 0 Å². The van der Waals surface area contributed by atoms with Crippen molar-refractivity contribution in [2.45, 2.75) is 46.2 Å². The minimum absolute atomic E-state index is 0.558. The summed E-state index contributed by atoms with van der Waals surface area (Å²) in [5.74, 6) is 0.785. The standard InChI is InChI=1S/C12H21N3/c1-10(2)4-5-11(3)14-8-12-6-7-13-9-15-12/h6-7,9-11,14H,4-5,8H2,1-3H3. The Morgan fingerprint density at radius 1 is 1.27 bits per heavy atom. The zero-order chi connectivity index (χ0) is 11.1. The molecule has 0 spiro atoms. The maximum atomic E-state index is 4.17. The van der Waals surface area contributed by atoms with Gasteiger partial charge in [0.1, 0.15) is 6.33 Å². The van der Waals surface area contributed by atoms with Crippen molar-refractivity contribution >= 4 is 0 Å². The minimum atomic E-state index is 0.558. The smallest absolute Gasteiger partial charge is 0.115 e. The molecular weight excluding hydrogens is 186 g/mol. The number of hydrogen-bond donors (Lipinski definition) is 1. The Labute approximate surface area is 92.3 Å². The first-order valence-electron chi connectivity index (χ1n) is 5.66. The van der Waals surface area contributed by atoms with Crippen molar-refractivity contribution in [2.75, 3.05) is 0 Å². The SMILES string of the molecule is CC(C)CCC(C)NCc1ccncn1. The van der Waals surface area contributed by atoms with Gasteiger partial charge in [0.25, 0.3) is 0 Å². The molecule has 0 amide bonds. The lowest BCUT2D eigenvalue weighted by Crippen LogP contribution is -2.26. The summed E-state index contributed by atoms with van der Waals surface area (Å²) < 4.78 is 0. The number of nitrogens with zero attached hydrogens (tertiary/aromatic N) is 2. The quantitative estimate of drug-likeness (QED) is 0.778. The minimum Gasteiger partial charge on any atom is -0.309 e. The molecule has 1 N–H and O–H groups in total. The zero-order valence-electron chi connectivity index (χ0n) is 9.90. The second kappa shape index (κ2) is 6.51. The molecule has 0 aliphatic carbocycles. The summed E-state index contributed by atoms with van der Waals surface area (Å²) in [7, 11) is 0. The van der Waals surface area contributed by atoms with Crippen LogP contribution in [0.4, 0.5) is 0 Å². The number of nitrogens with one attached hydrogen (secondary N) is 1. The molecule has 0 aliphatic heterocycles. The highest BCUT2D eigenvalue weighted by Gasteiger charge is 2.03. The van der Waals surface area contributed by atoms with E-state index in [1.165, 1.54) is 12.8 Å². The van der Waals surface area contributed by atoms with Crippen molar-refractivity contribution in [3.63, 3.8) is 0 Å². The molecule has 3 heteroatoms. The monoisotopic (exact) mass is 207 g/mol. The summed E-state index contributed by atoms with van der Waals surface area (Å²) in [6.45, 7) is 7.58. The molecule has 1 unspecified atom stereocenters. The molecule has 3 nitrogen and oxygen atoms in total. The van der Waals surface area contributed by atoms with E-state index in [4.69, 9.17) is 0 Å². The topological polar surface area (TPSA) is 37.8 Å². The third-order valence-electron chi connectivity index (χ3n) is 2.45. The molecule has 1 aromatic rings. The third kappa shape index (κ3) is 5.47. The van der Waals surface area contributed by atoms with E-state index < -0.39 is 0 Å². The molecule has 0 saturated carbocycles. The van der Waals surface area contributed by atoms with E-state index in [0.29, 0.717) is 6.04 Å². The molecule has 15 heavy (non-hydrogen) atoms. The average Bonchev–Trinajstić information content (AvgIpc) is 2.25. The lowest BCUT2D eigenvalue weighted by atomic mass is 10.0. The molecule has 0 aliphatic rings. The highest BCUT2D eigenvalue weighted by Crippen LogP contribution is 2.06. The molecule has 0 bridgehead atoms. The number of aromatic nitrogens is 2. The number of hydrogen-bond acceptors (Lipinski definition) is 3. The summed E-state index contributed by atoms with van der Waals surface area (Å²) in [5, 5.41) is 3.46. The fourth-order valence-corrected chi connectivity index (χ4v) is 1.39. The molecule has 1 atom stereocenters. The van der Waals surface area contributed by atoms with E-state index in [9.17, 15) is 0 Å². The second-order valence-electron chi connectivity index (χ2n) is 4.45. The van der Waals surface area contributed by atoms with E-state index in [1.54, 1.807) is 12.5 Å². The summed E-state index contributed by atoms with van der Waals surface area (Å²) in [4.78, 5) is 8.07. The molecular formula is C12H21N3. The predicted octanol–water partition coefficient (Wildman–Crippen LogP) is 2.39. The summed E-state index contributed by atoms with van der Waals surface area (Å²) in [5.41, 5.74) is 1.06. The molecule has 1 rings (SSSR count). The molecule has 0 radical (unpaired) electrons. The molecule has 0 saturated heterocycles. The predicted molar refractivity (Wildman–Crippen MR) is 62.4 cm³/mol. The first-order chi connectivity index (χ1) is 7.18. The highest BCUT2D eigenvalue weighted by molar-refractivity contribution is 4.97. The van der Waals surface area contributed by atoms with Crippen LogP contribution in [0.2, 0.25) is 0 Å². The van der Waals surface area contributed by atoms with Crippen LogP contribution in [0, 0.1) is 5.92 Å². The Balaban J connectivity index is 2.19. The van der Waals surface area contributed by atoms with Gasteiger partial charge < -0.3 is 5.32 Å². The van der Waals surface area contributed by atoms with Gasteiger partial charge >= 0.3 is 0 Å². The maximum Gasteiger partial charge on any atom is 0.115 e. The summed E-state index contributed by atoms with van der Waals surface area (Å²) in [6.07, 6.45) is 5.87. The van der Waals surface area contributed by atoms with E-state index in [0.717, 1.165) is 18.2 Å². The third-order valence-corrected chi connectivity index (χ3v) is 2.45. The van der Waals surface area contributed by atoms with Gasteiger partial charge in [-0.05, 0) is 31.7 Å². The van der Waals surface area contributed by atoms with Gasteiger partial charge in [-0.2, -0.15) is 0 Å². The first kappa shape index (κ1) is 12.1. The van der Waals surface area contributed by atoms with E-state index in [-0.39, 0.29) is 0 Å². The Hall–Kier alpha value is -0.960. The molecule has 84 valence electrons.